The first-order valence-corrected chi connectivity index (χ1v) is 7.72. The van der Waals surface area contributed by atoms with Crippen molar-refractivity contribution in [3.05, 3.63) is 65.7 Å². The van der Waals surface area contributed by atoms with Crippen LogP contribution in [0.5, 0.6) is 0 Å². The number of carbonyl (C=O) groups is 1. The predicted molar refractivity (Wildman–Crippen MR) is 89.2 cm³/mol. The average molecular weight is 292 g/mol. The van der Waals surface area contributed by atoms with Crippen molar-refractivity contribution in [2.75, 3.05) is 0 Å². The lowest BCUT2D eigenvalue weighted by atomic mass is 10.0. The van der Waals surface area contributed by atoms with E-state index in [0.29, 0.717) is 18.7 Å². The Morgan fingerprint density at radius 2 is 1.77 bits per heavy atom. The van der Waals surface area contributed by atoms with Crippen molar-refractivity contribution < 1.29 is 4.79 Å². The van der Waals surface area contributed by atoms with E-state index in [4.69, 9.17) is 0 Å². The third-order valence-corrected chi connectivity index (χ3v) is 4.18. The monoisotopic (exact) mass is 292 g/mol. The minimum atomic E-state index is 0.0246. The molecule has 0 fully saturated rings. The summed E-state index contributed by atoms with van der Waals surface area (Å²) in [6.45, 7) is 4.66. The molecule has 3 rings (SSSR count). The highest BCUT2D eigenvalue weighted by Gasteiger charge is 2.28. The number of hydrogen-bond acceptors (Lipinski definition) is 2. The summed E-state index contributed by atoms with van der Waals surface area (Å²) in [4.78, 5) is 19.4. The average Bonchev–Trinajstić information content (AvgIpc) is 2.72. The van der Waals surface area contributed by atoms with Crippen LogP contribution in [0.4, 0.5) is 5.69 Å². The number of rotatable bonds is 3. The lowest BCUT2D eigenvalue weighted by Gasteiger charge is -2.29. The van der Waals surface area contributed by atoms with Gasteiger partial charge in [-0.05, 0) is 30.5 Å². The molecule has 2 aromatic carbocycles. The van der Waals surface area contributed by atoms with Gasteiger partial charge in [-0.1, -0.05) is 55.5 Å². The molecule has 0 radical (unpaired) electrons. The summed E-state index contributed by atoms with van der Waals surface area (Å²) in [6.07, 6.45) is 0.644. The first kappa shape index (κ1) is 14.5. The first-order chi connectivity index (χ1) is 10.7. The summed E-state index contributed by atoms with van der Waals surface area (Å²) in [5.74, 6) is 0.0371. The van der Waals surface area contributed by atoms with E-state index in [1.165, 1.54) is 0 Å². The van der Waals surface area contributed by atoms with Gasteiger partial charge >= 0.3 is 0 Å². The molecule has 0 spiro atoms. The van der Waals surface area contributed by atoms with Crippen molar-refractivity contribution >= 4 is 17.3 Å². The van der Waals surface area contributed by atoms with Crippen molar-refractivity contribution in [2.24, 2.45) is 4.99 Å². The Morgan fingerprint density at radius 3 is 2.50 bits per heavy atom. The molecule has 0 N–H and O–H groups in total. The van der Waals surface area contributed by atoms with Crippen molar-refractivity contribution in [3.8, 4) is 0 Å². The second-order valence-corrected chi connectivity index (χ2v) is 5.56. The fraction of sp³-hybridized carbons (Fsp3) is 0.263. The zero-order chi connectivity index (χ0) is 15.5. The molecular formula is C19H20N2O. The molecule has 1 amide bonds. The fourth-order valence-electron chi connectivity index (χ4n) is 2.82. The molecule has 1 aliphatic heterocycles. The molecule has 22 heavy (non-hydrogen) atoms. The Balaban J connectivity index is 2.02. The lowest BCUT2D eigenvalue weighted by molar-refractivity contribution is -0.126. The molecule has 3 heteroatoms. The van der Waals surface area contributed by atoms with Crippen LogP contribution in [-0.4, -0.2) is 16.5 Å². The van der Waals surface area contributed by atoms with Gasteiger partial charge in [0.05, 0.1) is 11.7 Å². The fourth-order valence-corrected chi connectivity index (χ4v) is 2.82. The van der Waals surface area contributed by atoms with Gasteiger partial charge in [-0.3, -0.25) is 4.79 Å². The quantitative estimate of drug-likeness (QED) is 0.831. The third kappa shape index (κ3) is 2.67. The number of amides is 1. The number of para-hydroxylation sites is 1. The van der Waals surface area contributed by atoms with Crippen molar-refractivity contribution in [1.82, 2.24) is 4.90 Å². The number of nitrogens with zero attached hydrogens (tertiary/aromatic N) is 2. The van der Waals surface area contributed by atoms with Crippen molar-refractivity contribution in [3.63, 3.8) is 0 Å². The molecular weight excluding hydrogens is 272 g/mol. The van der Waals surface area contributed by atoms with Gasteiger partial charge in [0.1, 0.15) is 5.71 Å². The molecule has 0 aliphatic carbocycles. The van der Waals surface area contributed by atoms with Gasteiger partial charge in [-0.15, -0.1) is 0 Å². The topological polar surface area (TPSA) is 32.7 Å². The standard InChI is InChI=1S/C19H20N2O/c1-3-17-19(22)21(14(2)15-9-5-4-6-10-15)13-16-11-7-8-12-18(16)20-17/h4-12,14H,3,13H2,1-2H3/t14-/m0/s1. The Bertz CT molecular complexity index is 706. The highest BCUT2D eigenvalue weighted by atomic mass is 16.2. The molecule has 3 nitrogen and oxygen atoms in total. The molecule has 0 unspecified atom stereocenters. The summed E-state index contributed by atoms with van der Waals surface area (Å²) >= 11 is 0. The van der Waals surface area contributed by atoms with Gasteiger partial charge in [0.25, 0.3) is 5.91 Å². The summed E-state index contributed by atoms with van der Waals surface area (Å²) in [5.41, 5.74) is 3.79. The van der Waals surface area contributed by atoms with Crippen LogP contribution in [0.15, 0.2) is 59.6 Å². The van der Waals surface area contributed by atoms with Crippen LogP contribution >= 0.6 is 0 Å². The summed E-state index contributed by atoms with van der Waals surface area (Å²) in [5, 5.41) is 0. The number of carbonyl (C=O) groups excluding carboxylic acids is 1. The first-order valence-electron chi connectivity index (χ1n) is 7.72. The molecule has 0 saturated heterocycles. The van der Waals surface area contributed by atoms with Gasteiger partial charge in [-0.2, -0.15) is 0 Å². The number of aliphatic imine (C=N–C) groups is 1. The minimum absolute atomic E-state index is 0.0246. The second kappa shape index (κ2) is 6.14. The third-order valence-electron chi connectivity index (χ3n) is 4.18. The minimum Gasteiger partial charge on any atom is -0.326 e. The maximum absolute atomic E-state index is 12.9. The number of hydrogen-bond donors (Lipinski definition) is 0. The van der Waals surface area contributed by atoms with Crippen LogP contribution in [0.25, 0.3) is 0 Å². The normalized spacial score (nSPS) is 15.8. The SMILES string of the molecule is CCC1=Nc2ccccc2CN([C@@H](C)c2ccccc2)C1=O. The van der Waals surface area contributed by atoms with E-state index in [1.807, 2.05) is 48.2 Å². The van der Waals surface area contributed by atoms with Gasteiger partial charge in [0, 0.05) is 6.54 Å². The van der Waals surface area contributed by atoms with Gasteiger partial charge in [0.15, 0.2) is 0 Å². The van der Waals surface area contributed by atoms with E-state index >= 15 is 0 Å². The highest BCUT2D eigenvalue weighted by Crippen LogP contribution is 2.30. The summed E-state index contributed by atoms with van der Waals surface area (Å²) in [7, 11) is 0. The summed E-state index contributed by atoms with van der Waals surface area (Å²) in [6, 6.07) is 18.2. The smallest absolute Gasteiger partial charge is 0.269 e. The van der Waals surface area contributed by atoms with E-state index < -0.39 is 0 Å². The molecule has 0 aromatic heterocycles. The summed E-state index contributed by atoms with van der Waals surface area (Å²) < 4.78 is 0. The Labute approximate surface area is 131 Å². The van der Waals surface area contributed by atoms with Crippen LogP contribution in [-0.2, 0) is 11.3 Å². The van der Waals surface area contributed by atoms with Crippen LogP contribution in [0, 0.1) is 0 Å². The van der Waals surface area contributed by atoms with Crippen LogP contribution < -0.4 is 0 Å². The zero-order valence-corrected chi connectivity index (χ0v) is 13.0. The lowest BCUT2D eigenvalue weighted by Crippen LogP contribution is -2.36. The van der Waals surface area contributed by atoms with E-state index in [-0.39, 0.29) is 11.9 Å². The largest absolute Gasteiger partial charge is 0.326 e. The predicted octanol–water partition coefficient (Wildman–Crippen LogP) is 4.27. The van der Waals surface area contributed by atoms with Gasteiger partial charge in [0.2, 0.25) is 0 Å². The molecule has 0 bridgehead atoms. The van der Waals surface area contributed by atoms with Gasteiger partial charge in [-0.25, -0.2) is 4.99 Å². The molecule has 112 valence electrons. The molecule has 1 atom stereocenters. The Morgan fingerprint density at radius 1 is 1.09 bits per heavy atom. The van der Waals surface area contributed by atoms with Crippen LogP contribution in [0.2, 0.25) is 0 Å². The Hall–Kier alpha value is -2.42. The van der Waals surface area contributed by atoms with Crippen LogP contribution in [0.3, 0.4) is 0 Å². The zero-order valence-electron chi connectivity index (χ0n) is 13.0. The van der Waals surface area contributed by atoms with E-state index in [9.17, 15) is 4.79 Å². The maximum atomic E-state index is 12.9. The molecule has 1 heterocycles. The highest BCUT2D eigenvalue weighted by molar-refractivity contribution is 6.39. The number of fused-ring (bicyclic) bond motifs is 1. The maximum Gasteiger partial charge on any atom is 0.269 e. The van der Waals surface area contributed by atoms with E-state index in [0.717, 1.165) is 16.8 Å². The molecule has 2 aromatic rings. The van der Waals surface area contributed by atoms with Gasteiger partial charge < -0.3 is 4.90 Å². The molecule has 1 aliphatic rings. The number of benzene rings is 2. The second-order valence-electron chi connectivity index (χ2n) is 5.56. The van der Waals surface area contributed by atoms with E-state index in [2.05, 4.69) is 30.1 Å². The van der Waals surface area contributed by atoms with Crippen molar-refractivity contribution in [2.45, 2.75) is 32.9 Å². The molecule has 0 saturated carbocycles. The van der Waals surface area contributed by atoms with Crippen LogP contribution in [0.1, 0.15) is 37.4 Å². The Kier molecular flexibility index (Phi) is 4.05. The van der Waals surface area contributed by atoms with E-state index in [1.54, 1.807) is 0 Å². The van der Waals surface area contributed by atoms with Crippen molar-refractivity contribution in [1.29, 1.82) is 0 Å².